The Labute approximate surface area is 205 Å². The summed E-state index contributed by atoms with van der Waals surface area (Å²) < 4.78 is 68.0. The smallest absolute Gasteiger partial charge is 0.207 e. The molecule has 35 heavy (non-hydrogen) atoms. The normalized spacial score (nSPS) is 13.6. The molecule has 3 rings (SSSR count). The predicted octanol–water partition coefficient (Wildman–Crippen LogP) is 7.92. The van der Waals surface area contributed by atoms with Gasteiger partial charge in [-0.15, -0.1) is 0 Å². The molecule has 0 amide bonds. The predicted molar refractivity (Wildman–Crippen MR) is 134 cm³/mol. The van der Waals surface area contributed by atoms with Crippen LogP contribution in [0.2, 0.25) is 0 Å². The molecule has 0 aliphatic rings. The van der Waals surface area contributed by atoms with E-state index in [1.165, 1.54) is 0 Å². The lowest BCUT2D eigenvalue weighted by Crippen LogP contribution is -2.30. The van der Waals surface area contributed by atoms with Crippen molar-refractivity contribution in [1.29, 1.82) is 0 Å². The van der Waals surface area contributed by atoms with Gasteiger partial charge in [0.15, 0.2) is 0 Å². The van der Waals surface area contributed by atoms with Crippen LogP contribution in [0.5, 0.6) is 0 Å². The maximum atomic E-state index is 13.2. The SMILES string of the molecule is CCC/C=C(\CCC)[C@@H](NS(=O)(=O)c1ccc(C(F)(F)F)cc1)c1ccc(-c2ccccc2)cc1. The molecule has 0 fully saturated rings. The van der Waals surface area contributed by atoms with E-state index in [0.29, 0.717) is 6.42 Å². The summed E-state index contributed by atoms with van der Waals surface area (Å²) in [7, 11) is -4.08. The highest BCUT2D eigenvalue weighted by Crippen LogP contribution is 2.32. The van der Waals surface area contributed by atoms with E-state index in [1.54, 1.807) is 0 Å². The van der Waals surface area contributed by atoms with Crippen LogP contribution < -0.4 is 4.72 Å². The van der Waals surface area contributed by atoms with Gasteiger partial charge in [0.05, 0.1) is 16.5 Å². The van der Waals surface area contributed by atoms with Crippen LogP contribution in [0.1, 0.15) is 56.7 Å². The van der Waals surface area contributed by atoms with Crippen LogP contribution in [0.3, 0.4) is 0 Å². The monoisotopic (exact) mass is 501 g/mol. The molecular formula is C28H30F3NO2S. The highest BCUT2D eigenvalue weighted by Gasteiger charge is 2.31. The molecule has 0 heterocycles. The molecule has 0 aliphatic heterocycles. The third-order valence-electron chi connectivity index (χ3n) is 5.72. The second-order valence-electron chi connectivity index (χ2n) is 8.38. The van der Waals surface area contributed by atoms with Gasteiger partial charge in [0.25, 0.3) is 0 Å². The van der Waals surface area contributed by atoms with Crippen molar-refractivity contribution in [2.24, 2.45) is 0 Å². The van der Waals surface area contributed by atoms with Crippen LogP contribution in [-0.2, 0) is 16.2 Å². The van der Waals surface area contributed by atoms with Crippen molar-refractivity contribution in [1.82, 2.24) is 4.72 Å². The van der Waals surface area contributed by atoms with E-state index in [-0.39, 0.29) is 4.90 Å². The Kier molecular flexibility index (Phi) is 8.92. The highest BCUT2D eigenvalue weighted by molar-refractivity contribution is 7.89. The largest absolute Gasteiger partial charge is 0.416 e. The third-order valence-corrected chi connectivity index (χ3v) is 7.16. The number of hydrogen-bond donors (Lipinski definition) is 1. The molecule has 3 aromatic carbocycles. The van der Waals surface area contributed by atoms with Crippen LogP contribution in [0.25, 0.3) is 11.1 Å². The Morgan fingerprint density at radius 2 is 1.46 bits per heavy atom. The standard InChI is InChI=1S/C28H30F3NO2S/c1-3-5-10-23(9-4-2)27(24-15-13-22(14-16-24)21-11-7-6-8-12-21)32-35(33,34)26-19-17-25(18-20-26)28(29,30)31/h6-8,10-20,27,32H,3-5,9H2,1-2H3/b23-10+/t27-/m1/s1. The first-order valence-electron chi connectivity index (χ1n) is 11.7. The molecular weight excluding hydrogens is 471 g/mol. The summed E-state index contributed by atoms with van der Waals surface area (Å²) in [5.41, 5.74) is 2.89. The summed E-state index contributed by atoms with van der Waals surface area (Å²) in [6.45, 7) is 4.08. The topological polar surface area (TPSA) is 46.2 Å². The summed E-state index contributed by atoms with van der Waals surface area (Å²) >= 11 is 0. The van der Waals surface area contributed by atoms with Crippen LogP contribution >= 0.6 is 0 Å². The first-order chi connectivity index (χ1) is 16.7. The van der Waals surface area contributed by atoms with E-state index >= 15 is 0 Å². The molecule has 3 nitrogen and oxygen atoms in total. The molecule has 0 radical (unpaired) electrons. The van der Waals surface area contributed by atoms with Gasteiger partial charge in [-0.05, 0) is 53.8 Å². The number of hydrogen-bond acceptors (Lipinski definition) is 2. The molecule has 0 saturated carbocycles. The van der Waals surface area contributed by atoms with Crippen molar-refractivity contribution in [2.75, 3.05) is 0 Å². The molecule has 0 aromatic heterocycles. The molecule has 1 N–H and O–H groups in total. The number of benzene rings is 3. The molecule has 0 saturated heterocycles. The zero-order valence-corrected chi connectivity index (χ0v) is 20.7. The molecule has 0 bridgehead atoms. The molecule has 0 aliphatic carbocycles. The third kappa shape index (κ3) is 7.05. The Morgan fingerprint density at radius 3 is 2.00 bits per heavy atom. The minimum atomic E-state index is -4.53. The number of nitrogens with one attached hydrogen (secondary N) is 1. The van der Waals surface area contributed by atoms with Crippen molar-refractivity contribution < 1.29 is 21.6 Å². The fourth-order valence-corrected chi connectivity index (χ4v) is 5.11. The highest BCUT2D eigenvalue weighted by atomic mass is 32.2. The minimum absolute atomic E-state index is 0.206. The van der Waals surface area contributed by atoms with Crippen molar-refractivity contribution >= 4 is 10.0 Å². The number of sulfonamides is 1. The van der Waals surface area contributed by atoms with Crippen LogP contribution in [0, 0.1) is 0 Å². The summed E-state index contributed by atoms with van der Waals surface area (Å²) in [4.78, 5) is -0.206. The van der Waals surface area contributed by atoms with E-state index in [9.17, 15) is 21.6 Å². The molecule has 0 spiro atoms. The van der Waals surface area contributed by atoms with Crippen LogP contribution in [-0.4, -0.2) is 8.42 Å². The Hall–Kier alpha value is -2.90. The first kappa shape index (κ1) is 26.7. The van der Waals surface area contributed by atoms with Crippen LogP contribution in [0.15, 0.2) is 95.4 Å². The van der Waals surface area contributed by atoms with Crippen molar-refractivity contribution in [3.05, 3.63) is 102 Å². The summed E-state index contributed by atoms with van der Waals surface area (Å²) in [5, 5.41) is 0. The molecule has 0 unspecified atom stereocenters. The fourth-order valence-electron chi connectivity index (χ4n) is 3.89. The lowest BCUT2D eigenvalue weighted by atomic mass is 9.93. The van der Waals surface area contributed by atoms with Crippen molar-refractivity contribution in [3.63, 3.8) is 0 Å². The maximum Gasteiger partial charge on any atom is 0.416 e. The van der Waals surface area contributed by atoms with Gasteiger partial charge in [-0.1, -0.05) is 92.9 Å². The number of halogens is 3. The molecule has 1 atom stereocenters. The van der Waals surface area contributed by atoms with Gasteiger partial charge in [-0.2, -0.15) is 17.9 Å². The van der Waals surface area contributed by atoms with E-state index in [2.05, 4.69) is 17.7 Å². The Morgan fingerprint density at radius 1 is 0.857 bits per heavy atom. The lowest BCUT2D eigenvalue weighted by molar-refractivity contribution is -0.137. The van der Waals surface area contributed by atoms with Gasteiger partial charge in [0.2, 0.25) is 10.0 Å². The molecule has 7 heteroatoms. The van der Waals surface area contributed by atoms with Gasteiger partial charge in [-0.3, -0.25) is 0 Å². The Balaban J connectivity index is 1.98. The molecule has 3 aromatic rings. The molecule has 186 valence electrons. The summed E-state index contributed by atoms with van der Waals surface area (Å²) in [5.74, 6) is 0. The van der Waals surface area contributed by atoms with Crippen molar-refractivity contribution in [2.45, 2.75) is 56.6 Å². The lowest BCUT2D eigenvalue weighted by Gasteiger charge is -2.23. The zero-order valence-electron chi connectivity index (χ0n) is 19.8. The van der Waals surface area contributed by atoms with E-state index < -0.39 is 27.8 Å². The number of allylic oxidation sites excluding steroid dienone is 1. The average molecular weight is 502 g/mol. The van der Waals surface area contributed by atoms with Gasteiger partial charge >= 0.3 is 6.18 Å². The second-order valence-corrected chi connectivity index (χ2v) is 10.1. The Bertz CT molecular complexity index is 1220. The number of alkyl halides is 3. The minimum Gasteiger partial charge on any atom is -0.207 e. The first-order valence-corrected chi connectivity index (χ1v) is 13.2. The van der Waals surface area contributed by atoms with E-state index in [0.717, 1.165) is 65.8 Å². The van der Waals surface area contributed by atoms with Gasteiger partial charge in [0.1, 0.15) is 0 Å². The van der Waals surface area contributed by atoms with E-state index in [4.69, 9.17) is 0 Å². The van der Waals surface area contributed by atoms with Crippen LogP contribution in [0.4, 0.5) is 13.2 Å². The fraction of sp³-hybridized carbons (Fsp3) is 0.286. The zero-order chi connectivity index (χ0) is 25.5. The number of rotatable bonds is 10. The van der Waals surface area contributed by atoms with Gasteiger partial charge in [-0.25, -0.2) is 8.42 Å². The maximum absolute atomic E-state index is 13.2. The van der Waals surface area contributed by atoms with Gasteiger partial charge in [0, 0.05) is 0 Å². The quantitative estimate of drug-likeness (QED) is 0.287. The van der Waals surface area contributed by atoms with Crippen molar-refractivity contribution in [3.8, 4) is 11.1 Å². The summed E-state index contributed by atoms with van der Waals surface area (Å²) in [6.07, 6.45) is 0.774. The van der Waals surface area contributed by atoms with E-state index in [1.807, 2.05) is 61.5 Å². The second kappa shape index (κ2) is 11.7. The van der Waals surface area contributed by atoms with Gasteiger partial charge < -0.3 is 0 Å². The average Bonchev–Trinajstić information content (AvgIpc) is 2.85. The summed E-state index contributed by atoms with van der Waals surface area (Å²) in [6, 6.07) is 20.5. The number of unbranched alkanes of at least 4 members (excludes halogenated alkanes) is 1.